The van der Waals surface area contributed by atoms with Gasteiger partial charge < -0.3 is 9.05 Å². The van der Waals surface area contributed by atoms with Gasteiger partial charge in [-0.15, -0.1) is 0 Å². The minimum atomic E-state index is -3.68. The molecule has 2 saturated carbocycles. The Morgan fingerprint density at radius 3 is 1.52 bits per heavy atom. The van der Waals surface area contributed by atoms with Crippen LogP contribution in [0.4, 0.5) is 0 Å². The summed E-state index contributed by atoms with van der Waals surface area (Å²) in [5, 5.41) is 3.77. The zero-order valence-electron chi connectivity index (χ0n) is 26.0. The van der Waals surface area contributed by atoms with Gasteiger partial charge in [-0.25, -0.2) is 0 Å². The third kappa shape index (κ3) is 7.88. The minimum Gasteiger partial charge on any atom is -0.304 e. The first-order valence-corrected chi connectivity index (χ1v) is 17.5. The molecule has 40 heavy (non-hydrogen) atoms. The molecule has 1 N–H and O–H groups in total. The Kier molecular flexibility index (Phi) is 11.1. The van der Waals surface area contributed by atoms with Crippen LogP contribution in [0.3, 0.4) is 0 Å². The molecule has 222 valence electrons. The van der Waals surface area contributed by atoms with E-state index in [1.54, 1.807) is 0 Å². The highest BCUT2D eigenvalue weighted by Gasteiger charge is 2.47. The van der Waals surface area contributed by atoms with Crippen molar-refractivity contribution in [1.82, 2.24) is 5.32 Å². The van der Waals surface area contributed by atoms with Crippen LogP contribution in [-0.2, 0) is 13.6 Å². The van der Waals surface area contributed by atoms with Crippen molar-refractivity contribution < 1.29 is 13.6 Å². The molecule has 5 heteroatoms. The lowest BCUT2D eigenvalue weighted by Crippen LogP contribution is -2.38. The number of hydrogen-bond acceptors (Lipinski definition) is 4. The fraction of sp³-hybridized carbons (Fsp3) is 0.657. The Hall–Kier alpha value is -1.45. The summed E-state index contributed by atoms with van der Waals surface area (Å²) in [5.41, 5.74) is 2.12. The maximum atomic E-state index is 15.7. The first-order valence-electron chi connectivity index (χ1n) is 15.9. The number of nitrogens with one attached hydrogen (secondary N) is 1. The Morgan fingerprint density at radius 2 is 1.10 bits per heavy atom. The van der Waals surface area contributed by atoms with Crippen molar-refractivity contribution in [1.29, 1.82) is 0 Å². The Bertz CT molecular complexity index is 1040. The van der Waals surface area contributed by atoms with Crippen molar-refractivity contribution >= 4 is 7.60 Å². The highest BCUT2D eigenvalue weighted by atomic mass is 31.2. The first kappa shape index (κ1) is 31.5. The van der Waals surface area contributed by atoms with Gasteiger partial charge in [0.25, 0.3) is 0 Å². The second kappa shape index (κ2) is 14.1. The maximum absolute atomic E-state index is 15.7. The lowest BCUT2D eigenvalue weighted by atomic mass is 9.75. The summed E-state index contributed by atoms with van der Waals surface area (Å²) in [6.07, 6.45) is 6.34. The van der Waals surface area contributed by atoms with Gasteiger partial charge in [0.2, 0.25) is 0 Å². The van der Waals surface area contributed by atoms with Crippen LogP contribution in [0.15, 0.2) is 60.7 Å². The van der Waals surface area contributed by atoms with Crippen LogP contribution in [-0.4, -0.2) is 12.2 Å². The van der Waals surface area contributed by atoms with Gasteiger partial charge in [-0.3, -0.25) is 9.88 Å². The molecule has 2 aliphatic rings. The fourth-order valence-corrected chi connectivity index (χ4v) is 9.55. The molecular formula is C35H54NO3P. The van der Waals surface area contributed by atoms with Crippen molar-refractivity contribution in [2.24, 2.45) is 35.5 Å². The average Bonchev–Trinajstić information content (AvgIpc) is 2.92. The minimum absolute atomic E-state index is 0.0238. The standard InChI is InChI=1S/C35H54NO3P/c1-24(2)31-20-18-26(5)22-33(31)38-40(37,39-34-23-27(6)19-21-32(34)25(3)4)35(30-16-12-9-13-17-30)36-28(7)29-14-10-8-11-15-29/h8-17,24-28,31-36H,18-23H2,1-7H3/t26-,27-,28-,31-,32-,33-,34-,35+/m1/s1. The van der Waals surface area contributed by atoms with Crippen molar-refractivity contribution in [2.45, 2.75) is 111 Å². The number of benzene rings is 2. The average molecular weight is 568 g/mol. The quantitative estimate of drug-likeness (QED) is 0.274. The predicted molar refractivity (Wildman–Crippen MR) is 167 cm³/mol. The van der Waals surface area contributed by atoms with E-state index >= 15 is 4.57 Å². The van der Waals surface area contributed by atoms with Gasteiger partial charge in [-0.05, 0) is 79.2 Å². The molecule has 8 atom stereocenters. The summed E-state index contributed by atoms with van der Waals surface area (Å²) in [4.78, 5) is 0. The summed E-state index contributed by atoms with van der Waals surface area (Å²) in [6, 6.07) is 20.6. The monoisotopic (exact) mass is 567 g/mol. The van der Waals surface area contributed by atoms with E-state index in [2.05, 4.69) is 90.2 Å². The maximum Gasteiger partial charge on any atom is 0.352 e. The van der Waals surface area contributed by atoms with Crippen LogP contribution in [0.1, 0.15) is 110 Å². The Morgan fingerprint density at radius 1 is 0.675 bits per heavy atom. The van der Waals surface area contributed by atoms with Gasteiger partial charge in [-0.2, -0.15) is 0 Å². The molecule has 0 aliphatic heterocycles. The molecule has 0 amide bonds. The Balaban J connectivity index is 1.76. The molecule has 0 heterocycles. The number of hydrogen-bond donors (Lipinski definition) is 1. The second-order valence-electron chi connectivity index (χ2n) is 13.6. The van der Waals surface area contributed by atoms with Crippen LogP contribution < -0.4 is 5.32 Å². The molecule has 0 spiro atoms. The van der Waals surface area contributed by atoms with Crippen molar-refractivity contribution in [3.05, 3.63) is 71.8 Å². The van der Waals surface area contributed by atoms with Gasteiger partial charge in [0.1, 0.15) is 5.78 Å². The Labute approximate surface area is 244 Å². The lowest BCUT2D eigenvalue weighted by Gasteiger charge is -2.44. The molecule has 0 aromatic heterocycles. The van der Waals surface area contributed by atoms with E-state index in [0.717, 1.165) is 36.8 Å². The summed E-state index contributed by atoms with van der Waals surface area (Å²) in [7, 11) is -3.68. The van der Waals surface area contributed by atoms with E-state index in [1.165, 1.54) is 12.8 Å². The highest BCUT2D eigenvalue weighted by molar-refractivity contribution is 7.54. The SMILES string of the molecule is CC(C)[C@H]1CC[C@@H](C)C[C@H]1OP(=O)(O[C@@H]1C[C@H](C)CC[C@@H]1C(C)C)[C@H](N[C@H](C)c1ccccc1)c1ccccc1. The first-order chi connectivity index (χ1) is 19.1. The van der Waals surface area contributed by atoms with E-state index in [-0.39, 0.29) is 18.2 Å². The van der Waals surface area contributed by atoms with Gasteiger partial charge >= 0.3 is 7.60 Å². The second-order valence-corrected chi connectivity index (χ2v) is 15.6. The van der Waals surface area contributed by atoms with E-state index < -0.39 is 13.4 Å². The van der Waals surface area contributed by atoms with Crippen LogP contribution >= 0.6 is 7.60 Å². The molecule has 4 rings (SSSR count). The fourth-order valence-electron chi connectivity index (χ4n) is 7.08. The van der Waals surface area contributed by atoms with Gasteiger partial charge in [0.15, 0.2) is 0 Å². The molecular weight excluding hydrogens is 513 g/mol. The third-order valence-corrected chi connectivity index (χ3v) is 11.8. The van der Waals surface area contributed by atoms with E-state index in [0.29, 0.717) is 35.5 Å². The van der Waals surface area contributed by atoms with Gasteiger partial charge in [0, 0.05) is 6.04 Å². The molecule has 2 fully saturated rings. The smallest absolute Gasteiger partial charge is 0.304 e. The van der Waals surface area contributed by atoms with Crippen LogP contribution in [0.5, 0.6) is 0 Å². The summed E-state index contributed by atoms with van der Waals surface area (Å²) in [5.74, 6) is 2.24. The van der Waals surface area contributed by atoms with Crippen LogP contribution in [0.2, 0.25) is 0 Å². The molecule has 2 aliphatic carbocycles. The number of rotatable bonds is 11. The van der Waals surface area contributed by atoms with Crippen LogP contribution in [0.25, 0.3) is 0 Å². The van der Waals surface area contributed by atoms with Gasteiger partial charge in [-0.1, -0.05) is 115 Å². The summed E-state index contributed by atoms with van der Waals surface area (Å²) in [6.45, 7) is 15.9. The molecule has 0 radical (unpaired) electrons. The molecule has 0 bridgehead atoms. The predicted octanol–water partition coefficient (Wildman–Crippen LogP) is 10.2. The largest absolute Gasteiger partial charge is 0.352 e. The summed E-state index contributed by atoms with van der Waals surface area (Å²) >= 11 is 0. The van der Waals surface area contributed by atoms with E-state index in [1.807, 2.05) is 24.3 Å². The van der Waals surface area contributed by atoms with Crippen molar-refractivity contribution in [2.75, 3.05) is 0 Å². The molecule has 0 saturated heterocycles. The van der Waals surface area contributed by atoms with Crippen LogP contribution in [0, 0.1) is 35.5 Å². The lowest BCUT2D eigenvalue weighted by molar-refractivity contribution is -0.00718. The summed E-state index contributed by atoms with van der Waals surface area (Å²) < 4.78 is 29.7. The van der Waals surface area contributed by atoms with Gasteiger partial charge in [0.05, 0.1) is 12.2 Å². The molecule has 2 aromatic carbocycles. The zero-order valence-corrected chi connectivity index (χ0v) is 26.9. The van der Waals surface area contributed by atoms with E-state index in [9.17, 15) is 0 Å². The van der Waals surface area contributed by atoms with Crippen molar-refractivity contribution in [3.63, 3.8) is 0 Å². The highest BCUT2D eigenvalue weighted by Crippen LogP contribution is 2.64. The van der Waals surface area contributed by atoms with Crippen molar-refractivity contribution in [3.8, 4) is 0 Å². The topological polar surface area (TPSA) is 47.6 Å². The third-order valence-electron chi connectivity index (χ3n) is 9.63. The molecule has 2 aromatic rings. The molecule has 0 unspecified atom stereocenters. The zero-order chi connectivity index (χ0) is 28.9. The van der Waals surface area contributed by atoms with E-state index in [4.69, 9.17) is 9.05 Å². The normalized spacial score (nSPS) is 29.4. The molecule has 4 nitrogen and oxygen atoms in total.